The van der Waals surface area contributed by atoms with Crippen molar-refractivity contribution in [1.82, 2.24) is 9.97 Å². The van der Waals surface area contributed by atoms with Crippen LogP contribution in [0.1, 0.15) is 5.56 Å². The van der Waals surface area contributed by atoms with Crippen LogP contribution in [0.2, 0.25) is 0 Å². The zero-order valence-corrected chi connectivity index (χ0v) is 16.8. The van der Waals surface area contributed by atoms with E-state index in [0.717, 1.165) is 5.56 Å². The number of nitrogens with two attached hydrogens (primary N) is 1. The number of hydrogen-bond acceptors (Lipinski definition) is 8. The van der Waals surface area contributed by atoms with Gasteiger partial charge in [-0.05, 0) is 24.0 Å². The summed E-state index contributed by atoms with van der Waals surface area (Å²) in [5, 5.41) is 25.1. The van der Waals surface area contributed by atoms with E-state index in [1.807, 2.05) is 30.3 Å². The molecular weight excluding hydrogens is 406 g/mol. The Morgan fingerprint density at radius 2 is 2.00 bits per heavy atom. The van der Waals surface area contributed by atoms with E-state index < -0.39 is 4.92 Å². The molecule has 0 unspecified atom stereocenters. The number of nitrogens with one attached hydrogen (secondary N) is 3. The van der Waals surface area contributed by atoms with Crippen LogP contribution in [0.15, 0.2) is 59.8 Å². The van der Waals surface area contributed by atoms with Crippen LogP contribution in [-0.4, -0.2) is 27.1 Å². The first-order chi connectivity index (χ1) is 14.5. The van der Waals surface area contributed by atoms with Gasteiger partial charge in [-0.25, -0.2) is 0 Å². The van der Waals surface area contributed by atoms with Gasteiger partial charge in [0.1, 0.15) is 5.75 Å². The molecule has 0 fully saturated rings. The summed E-state index contributed by atoms with van der Waals surface area (Å²) in [5.74, 6) is -0.0625. The second-order valence-electron chi connectivity index (χ2n) is 5.98. The molecule has 0 atom stereocenters. The van der Waals surface area contributed by atoms with E-state index in [-0.39, 0.29) is 23.3 Å². The van der Waals surface area contributed by atoms with E-state index in [2.05, 4.69) is 20.6 Å². The molecule has 5 N–H and O–H groups in total. The van der Waals surface area contributed by atoms with E-state index >= 15 is 0 Å². The fraction of sp³-hybridized carbons (Fsp3) is 0.105. The highest BCUT2D eigenvalue weighted by molar-refractivity contribution is 7.98. The third kappa shape index (κ3) is 5.35. The topological polar surface area (TPSA) is 152 Å². The monoisotopic (exact) mass is 425 g/mol. The molecule has 0 aliphatic heterocycles. The first-order valence-corrected chi connectivity index (χ1v) is 9.96. The van der Waals surface area contributed by atoms with Crippen LogP contribution >= 0.6 is 11.8 Å². The maximum Gasteiger partial charge on any atom is 0.373 e. The molecule has 10 nitrogen and oxygen atoms in total. The molecule has 11 heteroatoms. The van der Waals surface area contributed by atoms with Crippen LogP contribution in [0.4, 0.5) is 17.2 Å². The van der Waals surface area contributed by atoms with Gasteiger partial charge in [0.2, 0.25) is 5.82 Å². The first-order valence-electron chi connectivity index (χ1n) is 8.73. The molecule has 0 saturated carbocycles. The van der Waals surface area contributed by atoms with Crippen molar-refractivity contribution in [2.24, 2.45) is 5.73 Å². The van der Waals surface area contributed by atoms with Gasteiger partial charge in [-0.2, -0.15) is 9.97 Å². The van der Waals surface area contributed by atoms with E-state index in [0.29, 0.717) is 23.1 Å². The van der Waals surface area contributed by atoms with E-state index in [4.69, 9.17) is 15.9 Å². The fourth-order valence-corrected chi connectivity index (χ4v) is 2.91. The number of nitrogens with zero attached hydrogens (tertiary/aromatic N) is 3. The average Bonchev–Trinajstić information content (AvgIpc) is 2.72. The Balaban J connectivity index is 1.95. The summed E-state index contributed by atoms with van der Waals surface area (Å²) >= 11 is 1.24. The molecule has 154 valence electrons. The molecule has 0 bridgehead atoms. The molecule has 3 rings (SSSR count). The smallest absolute Gasteiger partial charge is 0.373 e. The Hall–Kier alpha value is -3.86. The molecule has 2 aromatic carbocycles. The van der Waals surface area contributed by atoms with Crippen LogP contribution in [0.25, 0.3) is 0 Å². The summed E-state index contributed by atoms with van der Waals surface area (Å²) in [7, 11) is 0. The highest BCUT2D eigenvalue weighted by Crippen LogP contribution is 2.37. The summed E-state index contributed by atoms with van der Waals surface area (Å²) in [6, 6.07) is 16.0. The normalized spacial score (nSPS) is 10.3. The minimum absolute atomic E-state index is 0.0659. The lowest BCUT2D eigenvalue weighted by molar-refractivity contribution is -0.385. The molecular formula is C19H19N7O3S. The number of guanidine groups is 1. The van der Waals surface area contributed by atoms with Crippen LogP contribution in [0.5, 0.6) is 11.6 Å². The highest BCUT2D eigenvalue weighted by Gasteiger charge is 2.27. The number of anilines is 2. The highest BCUT2D eigenvalue weighted by atomic mass is 32.2. The number of thioether (sulfide) groups is 1. The van der Waals surface area contributed by atoms with Crippen LogP contribution in [0.3, 0.4) is 0 Å². The number of aromatic nitrogens is 2. The molecule has 0 radical (unpaired) electrons. The summed E-state index contributed by atoms with van der Waals surface area (Å²) in [6.07, 6.45) is 1.77. The SMILES string of the molecule is CSc1nc(NCc2ccccc2)c([N+](=O)[O-])c(Oc2cccc(NC(=N)N)c2)n1. The number of hydrogen-bond donors (Lipinski definition) is 4. The van der Waals surface area contributed by atoms with Gasteiger partial charge in [0.15, 0.2) is 11.1 Å². The molecule has 0 saturated heterocycles. The lowest BCUT2D eigenvalue weighted by Gasteiger charge is -2.12. The maximum atomic E-state index is 11.8. The van der Waals surface area contributed by atoms with Gasteiger partial charge in [-0.1, -0.05) is 48.2 Å². The summed E-state index contributed by atoms with van der Waals surface area (Å²) < 4.78 is 5.73. The van der Waals surface area contributed by atoms with E-state index in [1.54, 1.807) is 30.5 Å². The van der Waals surface area contributed by atoms with Crippen molar-refractivity contribution in [1.29, 1.82) is 5.41 Å². The van der Waals surface area contributed by atoms with Crippen molar-refractivity contribution in [3.05, 3.63) is 70.3 Å². The molecule has 3 aromatic rings. The lowest BCUT2D eigenvalue weighted by atomic mass is 10.2. The van der Waals surface area contributed by atoms with Crippen LogP contribution in [0, 0.1) is 15.5 Å². The summed E-state index contributed by atoms with van der Waals surface area (Å²) in [5.41, 5.74) is 6.42. The Morgan fingerprint density at radius 1 is 1.23 bits per heavy atom. The van der Waals surface area contributed by atoms with Crippen molar-refractivity contribution in [2.75, 3.05) is 16.9 Å². The Kier molecular flexibility index (Phi) is 6.65. The molecule has 0 amide bonds. The summed E-state index contributed by atoms with van der Waals surface area (Å²) in [4.78, 5) is 19.6. The Morgan fingerprint density at radius 3 is 2.67 bits per heavy atom. The van der Waals surface area contributed by atoms with Crippen molar-refractivity contribution < 1.29 is 9.66 Å². The largest absolute Gasteiger partial charge is 0.433 e. The quantitative estimate of drug-likeness (QED) is 0.105. The van der Waals surface area contributed by atoms with Gasteiger partial charge in [0.25, 0.3) is 0 Å². The van der Waals surface area contributed by atoms with Crippen molar-refractivity contribution in [3.63, 3.8) is 0 Å². The van der Waals surface area contributed by atoms with Crippen molar-refractivity contribution >= 4 is 34.9 Å². The lowest BCUT2D eigenvalue weighted by Crippen LogP contribution is -2.20. The van der Waals surface area contributed by atoms with Crippen molar-refractivity contribution in [3.8, 4) is 11.6 Å². The molecule has 0 aliphatic carbocycles. The van der Waals surface area contributed by atoms with Crippen LogP contribution < -0.4 is 21.1 Å². The Labute approximate surface area is 176 Å². The Bertz CT molecular complexity index is 1060. The summed E-state index contributed by atoms with van der Waals surface area (Å²) in [6.45, 7) is 0.351. The zero-order chi connectivity index (χ0) is 21.5. The second-order valence-corrected chi connectivity index (χ2v) is 6.75. The minimum atomic E-state index is -0.579. The predicted molar refractivity (Wildman–Crippen MR) is 116 cm³/mol. The third-order valence-corrected chi connectivity index (χ3v) is 4.37. The number of benzene rings is 2. The van der Waals surface area contributed by atoms with Gasteiger partial charge in [-0.15, -0.1) is 0 Å². The molecule has 1 heterocycles. The van der Waals surface area contributed by atoms with Gasteiger partial charge in [0, 0.05) is 18.3 Å². The predicted octanol–water partition coefficient (Wildman–Crippen LogP) is 3.82. The zero-order valence-electron chi connectivity index (χ0n) is 16.0. The molecule has 0 aliphatic rings. The average molecular weight is 425 g/mol. The van der Waals surface area contributed by atoms with E-state index in [9.17, 15) is 10.1 Å². The second kappa shape index (κ2) is 9.56. The van der Waals surface area contributed by atoms with E-state index in [1.165, 1.54) is 11.8 Å². The fourth-order valence-electron chi connectivity index (χ4n) is 2.55. The first kappa shape index (κ1) is 20.9. The standard InChI is InChI=1S/C19H19N7O3S/c1-30-19-24-16(22-11-12-6-3-2-4-7-12)15(26(27)28)17(25-19)29-14-9-5-8-13(10-14)23-18(20)21/h2-10H,11H2,1H3,(H4,20,21,23)(H,22,24,25). The molecule has 0 spiro atoms. The van der Waals surface area contributed by atoms with Crippen molar-refractivity contribution in [2.45, 2.75) is 11.7 Å². The number of ether oxygens (including phenoxy) is 1. The third-order valence-electron chi connectivity index (χ3n) is 3.83. The van der Waals surface area contributed by atoms with Gasteiger partial charge in [0.05, 0.1) is 4.92 Å². The van der Waals surface area contributed by atoms with Gasteiger partial charge in [-0.3, -0.25) is 15.5 Å². The van der Waals surface area contributed by atoms with Gasteiger partial charge < -0.3 is 21.1 Å². The molecule has 30 heavy (non-hydrogen) atoms. The number of rotatable bonds is 8. The number of nitro groups is 1. The van der Waals surface area contributed by atoms with Crippen LogP contribution in [-0.2, 0) is 6.54 Å². The van der Waals surface area contributed by atoms with Gasteiger partial charge >= 0.3 is 11.6 Å². The maximum absolute atomic E-state index is 11.8. The molecule has 1 aromatic heterocycles. The minimum Gasteiger partial charge on any atom is -0.433 e.